The van der Waals surface area contributed by atoms with E-state index < -0.39 is 41.9 Å². The first-order chi connectivity index (χ1) is 12.5. The third-order valence-corrected chi connectivity index (χ3v) is 4.62. The molecule has 4 N–H and O–H groups in total. The Morgan fingerprint density at radius 1 is 1.42 bits per heavy atom. The van der Waals surface area contributed by atoms with Crippen molar-refractivity contribution in [3.8, 4) is 0 Å². The van der Waals surface area contributed by atoms with Gasteiger partial charge in [0, 0.05) is 32.0 Å². The van der Waals surface area contributed by atoms with Crippen molar-refractivity contribution in [2.45, 2.75) is 50.3 Å². The van der Waals surface area contributed by atoms with Gasteiger partial charge in [0.2, 0.25) is 11.8 Å². The SMILES string of the molecule is NC(=O)C1CCCN1C(=O)C(Cc1c[nH]cn1)NC(=O)C1CCC(=O)O1. The fourth-order valence-electron chi connectivity index (χ4n) is 3.31. The molecule has 2 saturated heterocycles. The Morgan fingerprint density at radius 3 is 2.85 bits per heavy atom. The summed E-state index contributed by atoms with van der Waals surface area (Å²) in [4.78, 5) is 56.4. The minimum absolute atomic E-state index is 0.150. The summed E-state index contributed by atoms with van der Waals surface area (Å²) >= 11 is 0. The number of cyclic esters (lactones) is 1. The molecule has 2 fully saturated rings. The van der Waals surface area contributed by atoms with Gasteiger partial charge in [0.1, 0.15) is 12.1 Å². The number of likely N-dealkylation sites (tertiary alicyclic amines) is 1. The highest BCUT2D eigenvalue weighted by Crippen LogP contribution is 2.20. The van der Waals surface area contributed by atoms with Crippen LogP contribution in [0.5, 0.6) is 0 Å². The van der Waals surface area contributed by atoms with Crippen LogP contribution in [-0.2, 0) is 30.3 Å². The van der Waals surface area contributed by atoms with Crippen molar-refractivity contribution in [1.82, 2.24) is 20.2 Å². The van der Waals surface area contributed by atoms with Gasteiger partial charge in [0.15, 0.2) is 6.10 Å². The Hall–Kier alpha value is -2.91. The molecule has 2 aliphatic heterocycles. The van der Waals surface area contributed by atoms with Crippen LogP contribution in [0.4, 0.5) is 0 Å². The number of esters is 1. The number of carbonyl (C=O) groups excluding carboxylic acids is 4. The van der Waals surface area contributed by atoms with Crippen molar-refractivity contribution in [1.29, 1.82) is 0 Å². The van der Waals surface area contributed by atoms with E-state index in [1.54, 1.807) is 6.20 Å². The third kappa shape index (κ3) is 3.84. The maximum atomic E-state index is 13.0. The third-order valence-electron chi connectivity index (χ3n) is 4.62. The van der Waals surface area contributed by atoms with E-state index in [9.17, 15) is 19.2 Å². The monoisotopic (exact) mass is 363 g/mol. The molecular formula is C16H21N5O5. The lowest BCUT2D eigenvalue weighted by Gasteiger charge is -2.28. The van der Waals surface area contributed by atoms with Gasteiger partial charge in [-0.25, -0.2) is 4.98 Å². The zero-order valence-electron chi connectivity index (χ0n) is 14.1. The maximum absolute atomic E-state index is 13.0. The van der Waals surface area contributed by atoms with Crippen molar-refractivity contribution >= 4 is 23.7 Å². The van der Waals surface area contributed by atoms with Gasteiger partial charge in [-0.05, 0) is 12.8 Å². The van der Waals surface area contributed by atoms with Crippen molar-refractivity contribution in [3.63, 3.8) is 0 Å². The van der Waals surface area contributed by atoms with Crippen molar-refractivity contribution in [3.05, 3.63) is 18.2 Å². The van der Waals surface area contributed by atoms with E-state index in [1.165, 1.54) is 11.2 Å². The fourth-order valence-corrected chi connectivity index (χ4v) is 3.31. The summed E-state index contributed by atoms with van der Waals surface area (Å²) in [6, 6.07) is -1.60. The molecule has 140 valence electrons. The summed E-state index contributed by atoms with van der Waals surface area (Å²) in [5, 5.41) is 2.64. The molecule has 1 aromatic heterocycles. The first kappa shape index (κ1) is 17.9. The van der Waals surface area contributed by atoms with Crippen LogP contribution in [0.3, 0.4) is 0 Å². The van der Waals surface area contributed by atoms with Gasteiger partial charge in [0.05, 0.1) is 12.0 Å². The molecule has 1 aromatic rings. The lowest BCUT2D eigenvalue weighted by Crippen LogP contribution is -2.55. The lowest BCUT2D eigenvalue weighted by atomic mass is 10.1. The topological polar surface area (TPSA) is 147 Å². The molecule has 3 atom stereocenters. The van der Waals surface area contributed by atoms with Crippen LogP contribution in [0.25, 0.3) is 0 Å². The van der Waals surface area contributed by atoms with Crippen LogP contribution in [0, 0.1) is 0 Å². The summed E-state index contributed by atoms with van der Waals surface area (Å²) in [6.45, 7) is 0.401. The standard InChI is InChI=1S/C16H21N5O5/c17-14(23)11-2-1-5-21(11)16(25)10(6-9-7-18-8-19-9)20-15(24)12-3-4-13(22)26-12/h7-8,10-12H,1-6H2,(H2,17,23)(H,18,19)(H,20,24). The van der Waals surface area contributed by atoms with Crippen LogP contribution in [0.15, 0.2) is 12.5 Å². The van der Waals surface area contributed by atoms with Gasteiger partial charge in [-0.15, -0.1) is 0 Å². The molecule has 0 radical (unpaired) electrons. The Bertz CT molecular complexity index is 704. The maximum Gasteiger partial charge on any atom is 0.306 e. The average molecular weight is 363 g/mol. The Morgan fingerprint density at radius 2 is 2.23 bits per heavy atom. The highest BCUT2D eigenvalue weighted by Gasteiger charge is 2.38. The van der Waals surface area contributed by atoms with E-state index in [2.05, 4.69) is 15.3 Å². The first-order valence-corrected chi connectivity index (χ1v) is 8.53. The van der Waals surface area contributed by atoms with Gasteiger partial charge in [-0.3, -0.25) is 19.2 Å². The number of ether oxygens (including phenoxy) is 1. The van der Waals surface area contributed by atoms with Crippen LogP contribution in [0.1, 0.15) is 31.4 Å². The number of amides is 3. The normalized spacial score (nSPS) is 23.5. The molecule has 0 aromatic carbocycles. The number of H-pyrrole nitrogens is 1. The highest BCUT2D eigenvalue weighted by molar-refractivity contribution is 5.94. The number of hydrogen-bond acceptors (Lipinski definition) is 6. The van der Waals surface area contributed by atoms with Gasteiger partial charge in [-0.2, -0.15) is 0 Å². The number of rotatable bonds is 6. The van der Waals surface area contributed by atoms with E-state index in [0.29, 0.717) is 25.1 Å². The predicted octanol–water partition coefficient (Wildman–Crippen LogP) is -1.38. The molecule has 0 bridgehead atoms. The molecule has 3 rings (SSSR count). The number of nitrogens with one attached hydrogen (secondary N) is 2. The van der Waals surface area contributed by atoms with Crippen molar-refractivity contribution in [2.24, 2.45) is 5.73 Å². The molecular weight excluding hydrogens is 342 g/mol. The Kier molecular flexibility index (Phi) is 5.19. The second kappa shape index (κ2) is 7.54. The molecule has 3 heterocycles. The van der Waals surface area contributed by atoms with E-state index in [-0.39, 0.29) is 19.3 Å². The minimum Gasteiger partial charge on any atom is -0.452 e. The molecule has 10 heteroatoms. The van der Waals surface area contributed by atoms with Crippen LogP contribution in [0.2, 0.25) is 0 Å². The summed E-state index contributed by atoms with van der Waals surface area (Å²) in [7, 11) is 0. The van der Waals surface area contributed by atoms with Gasteiger partial charge in [0.25, 0.3) is 5.91 Å². The largest absolute Gasteiger partial charge is 0.452 e. The number of nitrogens with two attached hydrogens (primary N) is 1. The fraction of sp³-hybridized carbons (Fsp3) is 0.562. The van der Waals surface area contributed by atoms with Gasteiger partial charge in [-0.1, -0.05) is 0 Å². The summed E-state index contributed by atoms with van der Waals surface area (Å²) in [5.41, 5.74) is 5.97. The summed E-state index contributed by atoms with van der Waals surface area (Å²) in [6.07, 6.45) is 3.97. The number of primary amides is 1. The zero-order chi connectivity index (χ0) is 18.7. The van der Waals surface area contributed by atoms with Crippen molar-refractivity contribution < 1.29 is 23.9 Å². The smallest absolute Gasteiger partial charge is 0.306 e. The van der Waals surface area contributed by atoms with E-state index in [1.807, 2.05) is 0 Å². The number of aromatic amines is 1. The van der Waals surface area contributed by atoms with Crippen LogP contribution >= 0.6 is 0 Å². The molecule has 10 nitrogen and oxygen atoms in total. The Balaban J connectivity index is 1.74. The summed E-state index contributed by atoms with van der Waals surface area (Å²) < 4.78 is 4.95. The van der Waals surface area contributed by atoms with Crippen LogP contribution in [-0.4, -0.2) is 63.3 Å². The number of aromatic nitrogens is 2. The lowest BCUT2D eigenvalue weighted by molar-refractivity contribution is -0.149. The van der Waals surface area contributed by atoms with Crippen LogP contribution < -0.4 is 11.1 Å². The number of nitrogens with zero attached hydrogens (tertiary/aromatic N) is 2. The minimum atomic E-state index is -0.926. The zero-order valence-corrected chi connectivity index (χ0v) is 14.1. The number of imidazole rings is 1. The predicted molar refractivity (Wildman–Crippen MR) is 87.3 cm³/mol. The van der Waals surface area contributed by atoms with Gasteiger partial charge < -0.3 is 25.7 Å². The quantitative estimate of drug-likeness (QED) is 0.531. The van der Waals surface area contributed by atoms with E-state index in [4.69, 9.17) is 10.5 Å². The van der Waals surface area contributed by atoms with Crippen molar-refractivity contribution in [2.75, 3.05) is 6.54 Å². The molecule has 2 aliphatic rings. The molecule has 26 heavy (non-hydrogen) atoms. The molecule has 0 spiro atoms. The average Bonchev–Trinajstić information content (AvgIpc) is 3.34. The first-order valence-electron chi connectivity index (χ1n) is 8.53. The molecule has 0 saturated carbocycles. The Labute approximate surface area is 149 Å². The second-order valence-corrected chi connectivity index (χ2v) is 6.44. The van der Waals surface area contributed by atoms with E-state index in [0.717, 1.165) is 0 Å². The number of hydrogen-bond donors (Lipinski definition) is 3. The molecule has 0 aliphatic carbocycles. The molecule has 3 amide bonds. The highest BCUT2D eigenvalue weighted by atomic mass is 16.6. The number of carbonyl (C=O) groups is 4. The second-order valence-electron chi connectivity index (χ2n) is 6.44. The summed E-state index contributed by atoms with van der Waals surface area (Å²) in [5.74, 6) is -1.93. The molecule has 3 unspecified atom stereocenters. The van der Waals surface area contributed by atoms with E-state index >= 15 is 0 Å². The van der Waals surface area contributed by atoms with Gasteiger partial charge >= 0.3 is 5.97 Å².